The molecule has 4 heteroatoms. The highest BCUT2D eigenvalue weighted by atomic mass is 79.9. The molecule has 2 N–H and O–H groups in total. The lowest BCUT2D eigenvalue weighted by Gasteiger charge is -2.08. The predicted octanol–water partition coefficient (Wildman–Crippen LogP) is 1.52. The molecule has 0 aliphatic heterocycles. The highest BCUT2D eigenvalue weighted by Crippen LogP contribution is 2.13. The molecular formula is C8H12BrN3. The van der Waals surface area contributed by atoms with E-state index in [1.165, 1.54) is 0 Å². The highest BCUT2D eigenvalue weighted by molar-refractivity contribution is 9.10. The van der Waals surface area contributed by atoms with Gasteiger partial charge in [-0.2, -0.15) is 0 Å². The van der Waals surface area contributed by atoms with Gasteiger partial charge in [0.05, 0.1) is 10.2 Å². The molecule has 1 unspecified atom stereocenters. The number of nitrogens with zero attached hydrogens (tertiary/aromatic N) is 2. The highest BCUT2D eigenvalue weighted by Gasteiger charge is 2.05. The van der Waals surface area contributed by atoms with Gasteiger partial charge in [-0.3, -0.25) is 0 Å². The summed E-state index contributed by atoms with van der Waals surface area (Å²) in [5.74, 6) is 0. The van der Waals surface area contributed by atoms with Crippen LogP contribution in [0.3, 0.4) is 0 Å². The zero-order valence-corrected chi connectivity index (χ0v) is 8.58. The Morgan fingerprint density at radius 2 is 2.42 bits per heavy atom. The molecule has 1 rings (SSSR count). The SMILES string of the molecule is CCC(N)Cc1ncncc1Br. The molecule has 1 aromatic rings. The molecule has 0 radical (unpaired) electrons. The lowest BCUT2D eigenvalue weighted by atomic mass is 10.1. The largest absolute Gasteiger partial charge is 0.327 e. The zero-order chi connectivity index (χ0) is 8.97. The minimum atomic E-state index is 0.191. The van der Waals surface area contributed by atoms with Crippen LogP contribution in [0.5, 0.6) is 0 Å². The summed E-state index contributed by atoms with van der Waals surface area (Å²) in [5, 5.41) is 0. The van der Waals surface area contributed by atoms with Gasteiger partial charge in [0.25, 0.3) is 0 Å². The molecule has 0 aromatic carbocycles. The summed E-state index contributed by atoms with van der Waals surface area (Å²) in [4.78, 5) is 8.01. The maximum atomic E-state index is 5.79. The van der Waals surface area contributed by atoms with Crippen LogP contribution in [-0.4, -0.2) is 16.0 Å². The molecule has 0 saturated carbocycles. The Morgan fingerprint density at radius 3 is 3.00 bits per heavy atom. The van der Waals surface area contributed by atoms with Gasteiger partial charge in [-0.15, -0.1) is 0 Å². The lowest BCUT2D eigenvalue weighted by Crippen LogP contribution is -2.22. The molecule has 66 valence electrons. The van der Waals surface area contributed by atoms with Crippen LogP contribution < -0.4 is 5.73 Å². The molecule has 0 amide bonds. The van der Waals surface area contributed by atoms with E-state index in [2.05, 4.69) is 32.8 Å². The van der Waals surface area contributed by atoms with Gasteiger partial charge < -0.3 is 5.73 Å². The standard InChI is InChI=1S/C8H12BrN3/c1-2-6(10)3-8-7(9)4-11-5-12-8/h4-6H,2-3,10H2,1H3. The van der Waals surface area contributed by atoms with E-state index in [0.717, 1.165) is 23.0 Å². The van der Waals surface area contributed by atoms with Crippen LogP contribution in [0.25, 0.3) is 0 Å². The van der Waals surface area contributed by atoms with Gasteiger partial charge in [-0.1, -0.05) is 6.92 Å². The van der Waals surface area contributed by atoms with Crippen molar-refractivity contribution < 1.29 is 0 Å². The maximum Gasteiger partial charge on any atom is 0.115 e. The van der Waals surface area contributed by atoms with Gasteiger partial charge in [0, 0.05) is 18.7 Å². The fourth-order valence-electron chi connectivity index (χ4n) is 0.881. The van der Waals surface area contributed by atoms with Crippen LogP contribution in [0.2, 0.25) is 0 Å². The van der Waals surface area contributed by atoms with Crippen LogP contribution in [0.15, 0.2) is 17.0 Å². The average Bonchev–Trinajstić information content (AvgIpc) is 2.09. The zero-order valence-electron chi connectivity index (χ0n) is 7.00. The minimum absolute atomic E-state index is 0.191. The second-order valence-electron chi connectivity index (χ2n) is 2.69. The molecule has 1 heterocycles. The molecular weight excluding hydrogens is 218 g/mol. The summed E-state index contributed by atoms with van der Waals surface area (Å²) >= 11 is 3.37. The van der Waals surface area contributed by atoms with Crippen LogP contribution in [0, 0.1) is 0 Å². The monoisotopic (exact) mass is 229 g/mol. The smallest absolute Gasteiger partial charge is 0.115 e. The summed E-state index contributed by atoms with van der Waals surface area (Å²) in [5.41, 5.74) is 6.78. The van der Waals surface area contributed by atoms with Crippen LogP contribution >= 0.6 is 15.9 Å². The van der Waals surface area contributed by atoms with Gasteiger partial charge in [-0.05, 0) is 22.4 Å². The normalized spacial score (nSPS) is 12.9. The Labute approximate surface area is 80.5 Å². The molecule has 0 fully saturated rings. The summed E-state index contributed by atoms with van der Waals surface area (Å²) < 4.78 is 0.939. The van der Waals surface area contributed by atoms with E-state index in [1.54, 1.807) is 12.5 Å². The molecule has 0 aliphatic rings. The Hall–Kier alpha value is -0.480. The number of hydrogen-bond acceptors (Lipinski definition) is 3. The van der Waals surface area contributed by atoms with Crippen molar-refractivity contribution in [3.63, 3.8) is 0 Å². The predicted molar refractivity (Wildman–Crippen MR) is 51.7 cm³/mol. The van der Waals surface area contributed by atoms with E-state index in [1.807, 2.05) is 0 Å². The topological polar surface area (TPSA) is 51.8 Å². The third-order valence-corrected chi connectivity index (χ3v) is 2.39. The molecule has 1 aromatic heterocycles. The number of aromatic nitrogens is 2. The molecule has 0 bridgehead atoms. The summed E-state index contributed by atoms with van der Waals surface area (Å²) in [6, 6.07) is 0.191. The number of rotatable bonds is 3. The Morgan fingerprint density at radius 1 is 1.67 bits per heavy atom. The van der Waals surface area contributed by atoms with E-state index < -0.39 is 0 Å². The summed E-state index contributed by atoms with van der Waals surface area (Å²) in [6.07, 6.45) is 5.06. The van der Waals surface area contributed by atoms with E-state index in [4.69, 9.17) is 5.73 Å². The van der Waals surface area contributed by atoms with Crippen molar-refractivity contribution in [1.82, 2.24) is 9.97 Å². The van der Waals surface area contributed by atoms with Crippen molar-refractivity contribution >= 4 is 15.9 Å². The van der Waals surface area contributed by atoms with Gasteiger partial charge in [-0.25, -0.2) is 9.97 Å². The Bertz CT molecular complexity index is 252. The Kier molecular flexibility index (Phi) is 3.62. The molecule has 0 spiro atoms. The van der Waals surface area contributed by atoms with E-state index >= 15 is 0 Å². The van der Waals surface area contributed by atoms with Crippen molar-refractivity contribution in [2.24, 2.45) is 5.73 Å². The molecule has 0 saturated heterocycles. The van der Waals surface area contributed by atoms with Crippen LogP contribution in [0.4, 0.5) is 0 Å². The Balaban J connectivity index is 2.69. The molecule has 1 atom stereocenters. The van der Waals surface area contributed by atoms with Gasteiger partial charge in [0.2, 0.25) is 0 Å². The fraction of sp³-hybridized carbons (Fsp3) is 0.500. The van der Waals surface area contributed by atoms with E-state index in [9.17, 15) is 0 Å². The first kappa shape index (κ1) is 9.61. The lowest BCUT2D eigenvalue weighted by molar-refractivity contribution is 0.634. The molecule has 0 aliphatic carbocycles. The second-order valence-corrected chi connectivity index (χ2v) is 3.54. The van der Waals surface area contributed by atoms with Crippen molar-refractivity contribution in [3.05, 3.63) is 22.7 Å². The second kappa shape index (κ2) is 4.52. The first-order valence-corrected chi connectivity index (χ1v) is 4.73. The van der Waals surface area contributed by atoms with Crippen molar-refractivity contribution in [2.45, 2.75) is 25.8 Å². The van der Waals surface area contributed by atoms with E-state index in [-0.39, 0.29) is 6.04 Å². The number of halogens is 1. The van der Waals surface area contributed by atoms with Gasteiger partial charge in [0.1, 0.15) is 6.33 Å². The number of nitrogens with two attached hydrogens (primary N) is 1. The van der Waals surface area contributed by atoms with Crippen molar-refractivity contribution in [1.29, 1.82) is 0 Å². The van der Waals surface area contributed by atoms with E-state index in [0.29, 0.717) is 0 Å². The quantitative estimate of drug-likeness (QED) is 0.856. The fourth-order valence-corrected chi connectivity index (χ4v) is 1.26. The molecule has 12 heavy (non-hydrogen) atoms. The third-order valence-electron chi connectivity index (χ3n) is 1.72. The van der Waals surface area contributed by atoms with Gasteiger partial charge in [0.15, 0.2) is 0 Å². The first-order valence-electron chi connectivity index (χ1n) is 3.94. The minimum Gasteiger partial charge on any atom is -0.327 e. The van der Waals surface area contributed by atoms with Gasteiger partial charge >= 0.3 is 0 Å². The molecule has 3 nitrogen and oxygen atoms in total. The third kappa shape index (κ3) is 2.53. The van der Waals surface area contributed by atoms with Crippen LogP contribution in [0.1, 0.15) is 19.0 Å². The summed E-state index contributed by atoms with van der Waals surface area (Å²) in [7, 11) is 0. The maximum absolute atomic E-state index is 5.79. The number of hydrogen-bond donors (Lipinski definition) is 1. The average molecular weight is 230 g/mol. The van der Waals surface area contributed by atoms with Crippen molar-refractivity contribution in [2.75, 3.05) is 0 Å². The van der Waals surface area contributed by atoms with Crippen LogP contribution in [-0.2, 0) is 6.42 Å². The first-order chi connectivity index (χ1) is 5.74. The van der Waals surface area contributed by atoms with Crippen molar-refractivity contribution in [3.8, 4) is 0 Å². The summed E-state index contributed by atoms with van der Waals surface area (Å²) in [6.45, 7) is 2.07.